The minimum atomic E-state index is -0.660. The number of primary amides is 1. The summed E-state index contributed by atoms with van der Waals surface area (Å²) >= 11 is 0. The maximum atomic E-state index is 12.8. The van der Waals surface area contributed by atoms with Crippen molar-refractivity contribution in [2.75, 3.05) is 10.6 Å². The van der Waals surface area contributed by atoms with E-state index in [0.29, 0.717) is 22.8 Å². The first-order chi connectivity index (χ1) is 12.5. The Morgan fingerprint density at radius 2 is 1.77 bits per heavy atom. The summed E-state index contributed by atoms with van der Waals surface area (Å²) < 4.78 is 4.98. The van der Waals surface area contributed by atoms with Crippen molar-refractivity contribution >= 4 is 23.3 Å². The van der Waals surface area contributed by atoms with Crippen LogP contribution in [0.2, 0.25) is 0 Å². The van der Waals surface area contributed by atoms with Crippen LogP contribution in [-0.4, -0.2) is 17.0 Å². The molecule has 2 aromatic carbocycles. The Bertz CT molecular complexity index is 904. The molecule has 3 aromatic rings. The van der Waals surface area contributed by atoms with Gasteiger partial charge in [-0.1, -0.05) is 35.5 Å². The van der Waals surface area contributed by atoms with Gasteiger partial charge >= 0.3 is 0 Å². The maximum Gasteiger partial charge on any atom is 0.252 e. The number of aromatic nitrogens is 1. The number of rotatable bonds is 6. The van der Waals surface area contributed by atoms with Crippen LogP contribution in [0.5, 0.6) is 0 Å². The molecule has 7 heteroatoms. The van der Waals surface area contributed by atoms with E-state index in [1.54, 1.807) is 37.3 Å². The molecule has 0 unspecified atom stereocenters. The molecule has 2 amide bonds. The highest BCUT2D eigenvalue weighted by Gasteiger charge is 2.21. The van der Waals surface area contributed by atoms with E-state index in [1.165, 1.54) is 0 Å². The molecular formula is C19H18N4O3. The van der Waals surface area contributed by atoms with Gasteiger partial charge in [-0.3, -0.25) is 9.59 Å². The number of aryl methyl sites for hydroxylation is 1. The fourth-order valence-corrected chi connectivity index (χ4v) is 2.47. The van der Waals surface area contributed by atoms with Gasteiger partial charge in [-0.25, -0.2) is 0 Å². The number of anilines is 2. The molecule has 0 radical (unpaired) electrons. The van der Waals surface area contributed by atoms with Crippen molar-refractivity contribution in [2.24, 2.45) is 5.73 Å². The number of hydrogen-bond donors (Lipinski definition) is 3. The summed E-state index contributed by atoms with van der Waals surface area (Å²) in [4.78, 5) is 24.0. The summed E-state index contributed by atoms with van der Waals surface area (Å²) in [6, 6.07) is 16.9. The maximum absolute atomic E-state index is 12.8. The van der Waals surface area contributed by atoms with E-state index < -0.39 is 11.9 Å². The number of hydrogen-bond acceptors (Lipinski definition) is 5. The molecule has 0 bridgehead atoms. The number of nitrogens with one attached hydrogen (secondary N) is 2. The Balaban J connectivity index is 1.83. The molecule has 0 fully saturated rings. The van der Waals surface area contributed by atoms with Crippen molar-refractivity contribution in [3.05, 3.63) is 77.6 Å². The van der Waals surface area contributed by atoms with Gasteiger partial charge in [0.25, 0.3) is 5.91 Å². The average Bonchev–Trinajstić information content (AvgIpc) is 3.05. The zero-order valence-electron chi connectivity index (χ0n) is 14.1. The minimum Gasteiger partial charge on any atom is -0.370 e. The second-order valence-corrected chi connectivity index (χ2v) is 5.74. The average molecular weight is 350 g/mol. The second kappa shape index (κ2) is 7.52. The number of nitrogens with zero attached hydrogens (tertiary/aromatic N) is 1. The van der Waals surface area contributed by atoms with Gasteiger partial charge in [0.05, 0.1) is 0 Å². The lowest BCUT2D eigenvalue weighted by atomic mass is 10.1. The fourth-order valence-electron chi connectivity index (χ4n) is 2.47. The van der Waals surface area contributed by atoms with E-state index in [4.69, 9.17) is 10.3 Å². The third-order valence-electron chi connectivity index (χ3n) is 3.75. The predicted octanol–water partition coefficient (Wildman–Crippen LogP) is 2.87. The van der Waals surface area contributed by atoms with Crippen molar-refractivity contribution in [3.8, 4) is 0 Å². The molecule has 132 valence electrons. The van der Waals surface area contributed by atoms with E-state index in [-0.39, 0.29) is 5.91 Å². The predicted molar refractivity (Wildman–Crippen MR) is 97.6 cm³/mol. The number of benzene rings is 2. The molecule has 3 rings (SSSR count). The Hall–Kier alpha value is -3.61. The lowest BCUT2D eigenvalue weighted by Gasteiger charge is -2.19. The van der Waals surface area contributed by atoms with Gasteiger partial charge < -0.3 is 20.9 Å². The second-order valence-electron chi connectivity index (χ2n) is 5.74. The van der Waals surface area contributed by atoms with E-state index in [2.05, 4.69) is 15.8 Å². The number of amides is 2. The largest absolute Gasteiger partial charge is 0.370 e. The van der Waals surface area contributed by atoms with Crippen molar-refractivity contribution in [3.63, 3.8) is 0 Å². The molecule has 4 N–H and O–H groups in total. The number of nitrogens with two attached hydrogens (primary N) is 1. The van der Waals surface area contributed by atoms with Gasteiger partial charge in [0, 0.05) is 17.3 Å². The summed E-state index contributed by atoms with van der Waals surface area (Å²) in [5.41, 5.74) is 7.11. The topological polar surface area (TPSA) is 110 Å². The van der Waals surface area contributed by atoms with Crippen molar-refractivity contribution in [1.29, 1.82) is 0 Å². The fraction of sp³-hybridized carbons (Fsp3) is 0.105. The van der Waals surface area contributed by atoms with Crippen molar-refractivity contribution in [1.82, 2.24) is 5.16 Å². The molecule has 0 saturated heterocycles. The Kier molecular flexibility index (Phi) is 4.98. The molecule has 7 nitrogen and oxygen atoms in total. The first-order valence-electron chi connectivity index (χ1n) is 7.98. The minimum absolute atomic E-state index is 0.288. The molecule has 1 heterocycles. The van der Waals surface area contributed by atoms with Gasteiger partial charge in [0.1, 0.15) is 11.8 Å². The van der Waals surface area contributed by atoms with Gasteiger partial charge in [-0.15, -0.1) is 0 Å². The van der Waals surface area contributed by atoms with Crippen LogP contribution >= 0.6 is 0 Å². The zero-order chi connectivity index (χ0) is 18.5. The van der Waals surface area contributed by atoms with Gasteiger partial charge in [0.15, 0.2) is 5.82 Å². The highest BCUT2D eigenvalue weighted by molar-refractivity contribution is 5.97. The van der Waals surface area contributed by atoms with E-state index in [0.717, 1.165) is 5.56 Å². The van der Waals surface area contributed by atoms with Gasteiger partial charge in [-0.2, -0.15) is 0 Å². The summed E-state index contributed by atoms with van der Waals surface area (Å²) in [6.45, 7) is 1.75. The van der Waals surface area contributed by atoms with Gasteiger partial charge in [0.2, 0.25) is 5.91 Å². The Morgan fingerprint density at radius 1 is 1.08 bits per heavy atom. The quantitative estimate of drug-likeness (QED) is 0.633. The Morgan fingerprint density at radius 3 is 2.35 bits per heavy atom. The van der Waals surface area contributed by atoms with Crippen LogP contribution in [0.15, 0.2) is 65.2 Å². The molecule has 0 spiro atoms. The summed E-state index contributed by atoms with van der Waals surface area (Å²) in [5.74, 6) is 0.157. The Labute approximate surface area is 150 Å². The lowest BCUT2D eigenvalue weighted by molar-refractivity contribution is -0.117. The molecule has 0 saturated carbocycles. The van der Waals surface area contributed by atoms with Crippen LogP contribution in [0.4, 0.5) is 11.5 Å². The monoisotopic (exact) mass is 350 g/mol. The molecule has 0 aliphatic rings. The van der Waals surface area contributed by atoms with Crippen LogP contribution in [0.1, 0.15) is 27.7 Å². The van der Waals surface area contributed by atoms with E-state index in [9.17, 15) is 9.59 Å². The smallest absolute Gasteiger partial charge is 0.252 e. The van der Waals surface area contributed by atoms with Crippen LogP contribution in [0.3, 0.4) is 0 Å². The first-order valence-corrected chi connectivity index (χ1v) is 7.98. The highest BCUT2D eigenvalue weighted by atomic mass is 16.5. The van der Waals surface area contributed by atoms with E-state index >= 15 is 0 Å². The van der Waals surface area contributed by atoms with E-state index in [1.807, 2.05) is 30.3 Å². The van der Waals surface area contributed by atoms with Crippen molar-refractivity contribution < 1.29 is 14.1 Å². The van der Waals surface area contributed by atoms with Crippen LogP contribution in [-0.2, 0) is 4.79 Å². The number of carbonyl (C=O) groups excluding carboxylic acids is 2. The number of carbonyl (C=O) groups is 2. The lowest BCUT2D eigenvalue weighted by Crippen LogP contribution is -2.27. The summed E-state index contributed by atoms with van der Waals surface area (Å²) in [5, 5.41) is 9.68. The molecule has 0 aliphatic heterocycles. The third kappa shape index (κ3) is 4.07. The van der Waals surface area contributed by atoms with Crippen LogP contribution < -0.4 is 16.4 Å². The van der Waals surface area contributed by atoms with Crippen LogP contribution in [0, 0.1) is 6.92 Å². The summed E-state index contributed by atoms with van der Waals surface area (Å²) in [7, 11) is 0. The standard InChI is InChI=1S/C19H18N4O3/c1-12-11-16(23-26-12)22-19(25)17(13-5-3-2-4-6-13)21-15-9-7-14(8-10-15)18(20)24/h2-11,17,21H,1H3,(H2,20,24)(H,22,23,25)/t17-/m0/s1. The molecule has 0 aliphatic carbocycles. The van der Waals surface area contributed by atoms with Gasteiger partial charge in [-0.05, 0) is 36.8 Å². The highest BCUT2D eigenvalue weighted by Crippen LogP contribution is 2.22. The van der Waals surface area contributed by atoms with Crippen molar-refractivity contribution in [2.45, 2.75) is 13.0 Å². The summed E-state index contributed by atoms with van der Waals surface area (Å²) in [6.07, 6.45) is 0. The molecule has 26 heavy (non-hydrogen) atoms. The SMILES string of the molecule is Cc1cc(NC(=O)[C@@H](Nc2ccc(C(N)=O)cc2)c2ccccc2)no1. The molecule has 1 atom stereocenters. The normalized spacial score (nSPS) is 11.6. The third-order valence-corrected chi connectivity index (χ3v) is 3.75. The molecule has 1 aromatic heterocycles. The zero-order valence-corrected chi connectivity index (χ0v) is 14.1. The van der Waals surface area contributed by atoms with Crippen LogP contribution in [0.25, 0.3) is 0 Å². The molecular weight excluding hydrogens is 332 g/mol. The first kappa shape index (κ1) is 17.2.